The van der Waals surface area contributed by atoms with Gasteiger partial charge >= 0.3 is 0 Å². The van der Waals surface area contributed by atoms with Crippen molar-refractivity contribution in [3.63, 3.8) is 0 Å². The molecule has 2 saturated carbocycles. The highest BCUT2D eigenvalue weighted by Gasteiger charge is 2.29. The predicted molar refractivity (Wildman–Crippen MR) is 77.6 cm³/mol. The van der Waals surface area contributed by atoms with E-state index in [1.54, 1.807) is 0 Å². The van der Waals surface area contributed by atoms with Crippen LogP contribution in [0, 0.1) is 23.7 Å². The normalized spacial score (nSPS) is 37.4. The first kappa shape index (κ1) is 14.1. The van der Waals surface area contributed by atoms with Crippen molar-refractivity contribution in [2.75, 3.05) is 13.2 Å². The van der Waals surface area contributed by atoms with E-state index in [0.717, 1.165) is 36.9 Å². The summed E-state index contributed by atoms with van der Waals surface area (Å²) in [7, 11) is 0. The van der Waals surface area contributed by atoms with Gasteiger partial charge in [-0.05, 0) is 62.2 Å². The molecule has 0 atom stereocenters. The van der Waals surface area contributed by atoms with Crippen LogP contribution in [0.2, 0.25) is 0 Å². The summed E-state index contributed by atoms with van der Waals surface area (Å²) in [6.45, 7) is 7.80. The van der Waals surface area contributed by atoms with E-state index in [-0.39, 0.29) is 0 Å². The van der Waals surface area contributed by atoms with Crippen LogP contribution in [0.5, 0.6) is 0 Å². The standard InChI is InChI=1S/C17H30O/c1-3-12-18-13-15-6-10-17(11-7-15)16-8-4-14(2)5-9-16/h3,14-17H,1,4-13H2,2H3. The van der Waals surface area contributed by atoms with E-state index in [4.69, 9.17) is 4.74 Å². The summed E-state index contributed by atoms with van der Waals surface area (Å²) < 4.78 is 5.60. The number of hydrogen-bond acceptors (Lipinski definition) is 1. The van der Waals surface area contributed by atoms with E-state index in [1.807, 2.05) is 6.08 Å². The molecule has 104 valence electrons. The fourth-order valence-electron chi connectivity index (χ4n) is 3.90. The zero-order valence-corrected chi connectivity index (χ0v) is 12.1. The second-order valence-electron chi connectivity index (χ2n) is 6.63. The van der Waals surface area contributed by atoms with Crippen molar-refractivity contribution in [1.82, 2.24) is 0 Å². The molecule has 1 heteroatoms. The zero-order valence-electron chi connectivity index (χ0n) is 12.1. The van der Waals surface area contributed by atoms with Crippen LogP contribution in [0.4, 0.5) is 0 Å². The lowest BCUT2D eigenvalue weighted by atomic mass is 9.69. The zero-order chi connectivity index (χ0) is 12.8. The molecule has 2 fully saturated rings. The molecule has 0 unspecified atom stereocenters. The molecule has 0 heterocycles. The van der Waals surface area contributed by atoms with E-state index in [2.05, 4.69) is 13.5 Å². The number of hydrogen-bond donors (Lipinski definition) is 0. The van der Waals surface area contributed by atoms with Crippen LogP contribution in [-0.2, 0) is 4.74 Å². The Hall–Kier alpha value is -0.300. The molecular formula is C17H30O. The van der Waals surface area contributed by atoms with Gasteiger partial charge in [0.05, 0.1) is 6.61 Å². The van der Waals surface area contributed by atoms with Crippen molar-refractivity contribution < 1.29 is 4.74 Å². The number of rotatable bonds is 5. The molecule has 0 bridgehead atoms. The fourth-order valence-corrected chi connectivity index (χ4v) is 3.90. The molecule has 0 spiro atoms. The maximum atomic E-state index is 5.60. The molecule has 0 aromatic rings. The molecule has 0 aromatic heterocycles. The summed E-state index contributed by atoms with van der Waals surface area (Å²) in [6.07, 6.45) is 13.5. The molecule has 0 amide bonds. The molecule has 18 heavy (non-hydrogen) atoms. The fraction of sp³-hybridized carbons (Fsp3) is 0.882. The minimum absolute atomic E-state index is 0.723. The van der Waals surface area contributed by atoms with Crippen LogP contribution >= 0.6 is 0 Å². The Morgan fingerprint density at radius 2 is 1.50 bits per heavy atom. The SMILES string of the molecule is C=CCOCC1CCC(C2CCC(C)CC2)CC1. The van der Waals surface area contributed by atoms with Gasteiger partial charge in [0, 0.05) is 6.61 Å². The van der Waals surface area contributed by atoms with Crippen molar-refractivity contribution in [1.29, 1.82) is 0 Å². The van der Waals surface area contributed by atoms with Crippen molar-refractivity contribution in [3.8, 4) is 0 Å². The van der Waals surface area contributed by atoms with Gasteiger partial charge in [0.1, 0.15) is 0 Å². The molecule has 0 saturated heterocycles. The molecule has 2 rings (SSSR count). The largest absolute Gasteiger partial charge is 0.377 e. The van der Waals surface area contributed by atoms with Crippen LogP contribution in [0.1, 0.15) is 58.3 Å². The lowest BCUT2D eigenvalue weighted by Gasteiger charge is -2.37. The Morgan fingerprint density at radius 3 is 2.06 bits per heavy atom. The monoisotopic (exact) mass is 250 g/mol. The Kier molecular flexibility index (Phi) is 5.75. The Bertz CT molecular complexity index is 232. The third-order valence-electron chi connectivity index (χ3n) is 5.21. The molecule has 0 radical (unpaired) electrons. The lowest BCUT2D eigenvalue weighted by molar-refractivity contribution is 0.0792. The van der Waals surface area contributed by atoms with Crippen molar-refractivity contribution in [2.24, 2.45) is 23.7 Å². The van der Waals surface area contributed by atoms with Crippen LogP contribution in [0.3, 0.4) is 0 Å². The van der Waals surface area contributed by atoms with Gasteiger partial charge in [0.25, 0.3) is 0 Å². The van der Waals surface area contributed by atoms with Crippen molar-refractivity contribution >= 4 is 0 Å². The van der Waals surface area contributed by atoms with Crippen molar-refractivity contribution in [2.45, 2.75) is 58.3 Å². The third kappa shape index (κ3) is 4.12. The maximum absolute atomic E-state index is 5.60. The summed E-state index contributed by atoms with van der Waals surface area (Å²) in [5.74, 6) is 3.90. The van der Waals surface area contributed by atoms with E-state index < -0.39 is 0 Å². The minimum atomic E-state index is 0.723. The summed E-state index contributed by atoms with van der Waals surface area (Å²) in [5, 5.41) is 0. The van der Waals surface area contributed by atoms with E-state index in [9.17, 15) is 0 Å². The van der Waals surface area contributed by atoms with Crippen LogP contribution in [0.15, 0.2) is 12.7 Å². The minimum Gasteiger partial charge on any atom is -0.377 e. The maximum Gasteiger partial charge on any atom is 0.0644 e. The molecule has 2 aliphatic carbocycles. The van der Waals surface area contributed by atoms with E-state index >= 15 is 0 Å². The van der Waals surface area contributed by atoms with Gasteiger partial charge in [-0.25, -0.2) is 0 Å². The molecule has 0 aliphatic heterocycles. The van der Waals surface area contributed by atoms with Gasteiger partial charge < -0.3 is 4.74 Å². The first-order chi connectivity index (χ1) is 8.79. The van der Waals surface area contributed by atoms with Crippen LogP contribution < -0.4 is 0 Å². The second kappa shape index (κ2) is 7.33. The smallest absolute Gasteiger partial charge is 0.0644 e. The highest BCUT2D eigenvalue weighted by atomic mass is 16.5. The Balaban J connectivity index is 1.65. The summed E-state index contributed by atoms with van der Waals surface area (Å²) in [6, 6.07) is 0. The van der Waals surface area contributed by atoms with E-state index in [0.29, 0.717) is 0 Å². The van der Waals surface area contributed by atoms with Crippen LogP contribution in [-0.4, -0.2) is 13.2 Å². The topological polar surface area (TPSA) is 9.23 Å². The molecule has 2 aliphatic rings. The van der Waals surface area contributed by atoms with Gasteiger partial charge in [0.2, 0.25) is 0 Å². The third-order valence-corrected chi connectivity index (χ3v) is 5.21. The van der Waals surface area contributed by atoms with Gasteiger partial charge in [-0.1, -0.05) is 25.8 Å². The average molecular weight is 250 g/mol. The van der Waals surface area contributed by atoms with Gasteiger partial charge in [0.15, 0.2) is 0 Å². The molecule has 0 aromatic carbocycles. The Morgan fingerprint density at radius 1 is 0.944 bits per heavy atom. The first-order valence-corrected chi connectivity index (χ1v) is 7.98. The predicted octanol–water partition coefficient (Wildman–Crippen LogP) is 4.82. The summed E-state index contributed by atoms with van der Waals surface area (Å²) >= 11 is 0. The lowest BCUT2D eigenvalue weighted by Crippen LogP contribution is -2.26. The summed E-state index contributed by atoms with van der Waals surface area (Å²) in [5.41, 5.74) is 0. The van der Waals surface area contributed by atoms with Gasteiger partial charge in [-0.15, -0.1) is 6.58 Å². The average Bonchev–Trinajstić information content (AvgIpc) is 2.41. The molecular weight excluding hydrogens is 220 g/mol. The first-order valence-electron chi connectivity index (χ1n) is 7.98. The summed E-state index contributed by atoms with van der Waals surface area (Å²) in [4.78, 5) is 0. The quantitative estimate of drug-likeness (QED) is 0.502. The molecule has 1 nitrogen and oxygen atoms in total. The molecule has 0 N–H and O–H groups in total. The van der Waals surface area contributed by atoms with Crippen molar-refractivity contribution in [3.05, 3.63) is 12.7 Å². The highest BCUT2D eigenvalue weighted by molar-refractivity contribution is 4.81. The van der Waals surface area contributed by atoms with Crippen LogP contribution in [0.25, 0.3) is 0 Å². The highest BCUT2D eigenvalue weighted by Crippen LogP contribution is 2.41. The second-order valence-corrected chi connectivity index (χ2v) is 6.63. The van der Waals surface area contributed by atoms with Gasteiger partial charge in [-0.3, -0.25) is 0 Å². The Labute approximate surface area is 113 Å². The number of ether oxygens (including phenoxy) is 1. The van der Waals surface area contributed by atoms with E-state index in [1.165, 1.54) is 51.4 Å². The van der Waals surface area contributed by atoms with Gasteiger partial charge in [-0.2, -0.15) is 0 Å².